The molecule has 1 fully saturated rings. The molecule has 1 saturated heterocycles. The fraction of sp³-hybridized carbons (Fsp3) is 0.348. The van der Waals surface area contributed by atoms with Crippen molar-refractivity contribution in [2.24, 2.45) is 14.1 Å². The van der Waals surface area contributed by atoms with Gasteiger partial charge in [0.2, 0.25) is 5.88 Å². The topological polar surface area (TPSA) is 75.6 Å². The molecule has 5 rings (SSSR count). The largest absolute Gasteiger partial charge is 0.439 e. The van der Waals surface area contributed by atoms with Crippen molar-refractivity contribution < 1.29 is 9.47 Å². The van der Waals surface area contributed by atoms with Crippen LogP contribution in [-0.2, 0) is 18.8 Å². The van der Waals surface area contributed by atoms with E-state index in [1.807, 2.05) is 59.7 Å². The van der Waals surface area contributed by atoms with E-state index < -0.39 is 0 Å². The maximum absolute atomic E-state index is 12.9. The molecule has 0 aliphatic carbocycles. The van der Waals surface area contributed by atoms with Gasteiger partial charge in [-0.15, -0.1) is 0 Å². The van der Waals surface area contributed by atoms with E-state index in [4.69, 9.17) is 9.47 Å². The van der Waals surface area contributed by atoms with Crippen LogP contribution in [0.4, 0.5) is 0 Å². The lowest BCUT2D eigenvalue weighted by atomic mass is 10.00. The van der Waals surface area contributed by atoms with Gasteiger partial charge in [-0.25, -0.2) is 4.98 Å². The third-order valence-corrected chi connectivity index (χ3v) is 5.98. The zero-order valence-corrected chi connectivity index (χ0v) is 17.9. The van der Waals surface area contributed by atoms with Crippen molar-refractivity contribution in [3.05, 3.63) is 64.6 Å². The van der Waals surface area contributed by atoms with Crippen molar-refractivity contribution >= 4 is 5.52 Å². The van der Waals surface area contributed by atoms with Gasteiger partial charge in [-0.05, 0) is 49.6 Å². The average molecular weight is 419 g/mol. The summed E-state index contributed by atoms with van der Waals surface area (Å²) in [4.78, 5) is 17.5. The summed E-state index contributed by atoms with van der Waals surface area (Å²) in [5.74, 6) is 2.29. The van der Waals surface area contributed by atoms with Crippen LogP contribution < -0.4 is 10.3 Å². The van der Waals surface area contributed by atoms with Gasteiger partial charge in [0.15, 0.2) is 0 Å². The molecule has 0 bridgehead atoms. The predicted molar refractivity (Wildman–Crippen MR) is 117 cm³/mol. The summed E-state index contributed by atoms with van der Waals surface area (Å²) in [5, 5.41) is 4.31. The van der Waals surface area contributed by atoms with Gasteiger partial charge in [-0.2, -0.15) is 5.10 Å². The van der Waals surface area contributed by atoms with Crippen LogP contribution in [-0.4, -0.2) is 36.9 Å². The number of hydrogen-bond acceptors (Lipinski definition) is 5. The zero-order valence-electron chi connectivity index (χ0n) is 17.9. The van der Waals surface area contributed by atoms with E-state index in [0.717, 1.165) is 48.7 Å². The quantitative estimate of drug-likeness (QED) is 0.507. The zero-order chi connectivity index (χ0) is 21.5. The minimum Gasteiger partial charge on any atom is -0.439 e. The van der Waals surface area contributed by atoms with Gasteiger partial charge < -0.3 is 9.47 Å². The van der Waals surface area contributed by atoms with Gasteiger partial charge in [-0.3, -0.25) is 18.4 Å². The van der Waals surface area contributed by atoms with Crippen molar-refractivity contribution in [1.82, 2.24) is 23.7 Å². The molecule has 0 amide bonds. The lowest BCUT2D eigenvalue weighted by Gasteiger charge is -2.21. The molecular weight excluding hydrogens is 394 g/mol. The maximum Gasteiger partial charge on any atom is 0.279 e. The van der Waals surface area contributed by atoms with Crippen LogP contribution in [0.5, 0.6) is 11.6 Å². The van der Waals surface area contributed by atoms with Gasteiger partial charge in [-0.1, -0.05) is 0 Å². The highest BCUT2D eigenvalue weighted by Crippen LogP contribution is 2.29. The second-order valence-electron chi connectivity index (χ2n) is 8.02. The van der Waals surface area contributed by atoms with Crippen molar-refractivity contribution in [2.75, 3.05) is 13.2 Å². The molecule has 0 spiro atoms. The van der Waals surface area contributed by atoms with E-state index in [-0.39, 0.29) is 11.5 Å². The fourth-order valence-electron chi connectivity index (χ4n) is 4.25. The SMILES string of the molecule is Cc1cnn(C)c1-c1ccc(Oc2cn3c(C4CCOCC4)ncc3c(=O)n2C)cc1. The minimum atomic E-state index is -0.134. The Morgan fingerprint density at radius 2 is 1.84 bits per heavy atom. The van der Waals surface area contributed by atoms with E-state index in [2.05, 4.69) is 10.1 Å². The second kappa shape index (κ2) is 7.70. The molecular formula is C23H25N5O3. The molecule has 8 heteroatoms. The number of aryl methyl sites for hydroxylation is 2. The summed E-state index contributed by atoms with van der Waals surface area (Å²) in [6.45, 7) is 3.48. The Bertz CT molecular complexity index is 1270. The van der Waals surface area contributed by atoms with E-state index in [1.165, 1.54) is 4.57 Å². The summed E-state index contributed by atoms with van der Waals surface area (Å²) in [7, 11) is 3.64. The summed E-state index contributed by atoms with van der Waals surface area (Å²) in [6, 6.07) is 7.81. The molecule has 0 unspecified atom stereocenters. The number of benzene rings is 1. The van der Waals surface area contributed by atoms with Crippen LogP contribution >= 0.6 is 0 Å². The molecule has 0 saturated carbocycles. The first-order valence-corrected chi connectivity index (χ1v) is 10.4. The summed E-state index contributed by atoms with van der Waals surface area (Å²) >= 11 is 0. The van der Waals surface area contributed by atoms with Crippen LogP contribution in [0.3, 0.4) is 0 Å². The summed E-state index contributed by atoms with van der Waals surface area (Å²) in [6.07, 6.45) is 7.17. The predicted octanol–water partition coefficient (Wildman–Crippen LogP) is 3.43. The Kier molecular flexibility index (Phi) is 4.86. The van der Waals surface area contributed by atoms with Gasteiger partial charge in [0, 0.05) is 38.8 Å². The van der Waals surface area contributed by atoms with Gasteiger partial charge in [0.1, 0.15) is 17.1 Å². The number of ether oxygens (including phenoxy) is 2. The van der Waals surface area contributed by atoms with Crippen molar-refractivity contribution in [3.63, 3.8) is 0 Å². The third kappa shape index (κ3) is 3.42. The molecule has 0 radical (unpaired) electrons. The molecule has 0 N–H and O–H groups in total. The van der Waals surface area contributed by atoms with Gasteiger partial charge in [0.05, 0.1) is 24.3 Å². The Morgan fingerprint density at radius 1 is 1.10 bits per heavy atom. The number of nitrogens with zero attached hydrogens (tertiary/aromatic N) is 5. The van der Waals surface area contributed by atoms with E-state index in [0.29, 0.717) is 17.1 Å². The smallest absolute Gasteiger partial charge is 0.279 e. The molecule has 4 heterocycles. The first kappa shape index (κ1) is 19.6. The molecule has 31 heavy (non-hydrogen) atoms. The first-order chi connectivity index (χ1) is 15.0. The van der Waals surface area contributed by atoms with E-state index >= 15 is 0 Å². The fourth-order valence-corrected chi connectivity index (χ4v) is 4.25. The summed E-state index contributed by atoms with van der Waals surface area (Å²) < 4.78 is 16.8. The number of fused-ring (bicyclic) bond motifs is 1. The maximum atomic E-state index is 12.9. The highest BCUT2D eigenvalue weighted by atomic mass is 16.5. The molecule has 1 aliphatic rings. The Balaban J connectivity index is 1.48. The molecule has 8 nitrogen and oxygen atoms in total. The van der Waals surface area contributed by atoms with E-state index in [9.17, 15) is 4.79 Å². The van der Waals surface area contributed by atoms with Gasteiger partial charge in [0.25, 0.3) is 5.56 Å². The molecule has 160 valence electrons. The lowest BCUT2D eigenvalue weighted by molar-refractivity contribution is 0.0834. The first-order valence-electron chi connectivity index (χ1n) is 10.4. The Hall–Kier alpha value is -3.39. The summed E-state index contributed by atoms with van der Waals surface area (Å²) in [5.41, 5.74) is 3.67. The highest BCUT2D eigenvalue weighted by molar-refractivity contribution is 5.63. The molecule has 1 aliphatic heterocycles. The third-order valence-electron chi connectivity index (χ3n) is 5.98. The number of aromatic nitrogens is 5. The Morgan fingerprint density at radius 3 is 2.52 bits per heavy atom. The number of rotatable bonds is 4. The van der Waals surface area contributed by atoms with Crippen LogP contribution in [0.15, 0.2) is 47.7 Å². The number of hydrogen-bond donors (Lipinski definition) is 0. The molecule has 3 aromatic heterocycles. The Labute approximate surface area is 179 Å². The van der Waals surface area contributed by atoms with Crippen LogP contribution in [0, 0.1) is 6.92 Å². The van der Waals surface area contributed by atoms with Crippen molar-refractivity contribution in [3.8, 4) is 22.9 Å². The lowest BCUT2D eigenvalue weighted by Crippen LogP contribution is -2.22. The monoisotopic (exact) mass is 419 g/mol. The standard InChI is InChI=1S/C23H25N5O3/c1-15-12-25-27(3)21(15)16-4-6-18(7-5-16)31-20-14-28-19(23(29)26(20)2)13-24-22(28)17-8-10-30-11-9-17/h4-7,12-14,17H,8-11H2,1-3H3. The van der Waals surface area contributed by atoms with Crippen molar-refractivity contribution in [1.29, 1.82) is 0 Å². The van der Waals surface area contributed by atoms with Crippen LogP contribution in [0.25, 0.3) is 16.8 Å². The molecule has 1 aromatic carbocycles. The second-order valence-corrected chi connectivity index (χ2v) is 8.02. The van der Waals surface area contributed by atoms with Gasteiger partial charge >= 0.3 is 0 Å². The minimum absolute atomic E-state index is 0.134. The average Bonchev–Trinajstić information content (AvgIpc) is 3.36. The van der Waals surface area contributed by atoms with Crippen molar-refractivity contribution in [2.45, 2.75) is 25.7 Å². The van der Waals surface area contributed by atoms with Crippen LogP contribution in [0.1, 0.15) is 30.1 Å². The highest BCUT2D eigenvalue weighted by Gasteiger charge is 2.22. The van der Waals surface area contributed by atoms with E-state index in [1.54, 1.807) is 13.2 Å². The molecule has 4 aromatic rings. The normalized spacial score (nSPS) is 14.9. The molecule has 0 atom stereocenters. The van der Waals surface area contributed by atoms with Crippen LogP contribution in [0.2, 0.25) is 0 Å². The number of imidazole rings is 1.